The van der Waals surface area contributed by atoms with Gasteiger partial charge in [0.25, 0.3) is 0 Å². The van der Waals surface area contributed by atoms with Crippen molar-refractivity contribution in [3.05, 3.63) is 55.9 Å². The fourth-order valence-corrected chi connectivity index (χ4v) is 3.30. The normalized spacial score (nSPS) is 12.6. The van der Waals surface area contributed by atoms with E-state index in [1.54, 1.807) is 23.5 Å². The van der Waals surface area contributed by atoms with E-state index in [1.807, 2.05) is 6.07 Å². The molecule has 1 nitrogen and oxygen atoms in total. The van der Waals surface area contributed by atoms with Crippen LogP contribution in [0.3, 0.4) is 0 Å². The van der Waals surface area contributed by atoms with E-state index in [0.29, 0.717) is 4.47 Å². The van der Waals surface area contributed by atoms with Crippen LogP contribution in [0.4, 0.5) is 4.39 Å². The Labute approximate surface area is 126 Å². The van der Waals surface area contributed by atoms with Crippen LogP contribution in [0, 0.1) is 12.7 Å². The van der Waals surface area contributed by atoms with Gasteiger partial charge in [0.05, 0.1) is 10.5 Å². The maximum atomic E-state index is 13.7. The first kappa shape index (κ1) is 14.7. The van der Waals surface area contributed by atoms with Gasteiger partial charge in [-0.2, -0.15) is 0 Å². The highest BCUT2D eigenvalue weighted by molar-refractivity contribution is 9.10. The van der Waals surface area contributed by atoms with E-state index in [0.717, 1.165) is 18.5 Å². The molecule has 19 heavy (non-hydrogen) atoms. The molecule has 0 spiro atoms. The molecule has 1 heterocycles. The number of aryl methyl sites for hydroxylation is 1. The molecule has 0 saturated carbocycles. The Hall–Kier alpha value is -0.710. The number of thiophene rings is 1. The minimum absolute atomic E-state index is 0.0718. The van der Waals surface area contributed by atoms with Gasteiger partial charge >= 0.3 is 0 Å². The molecule has 0 radical (unpaired) electrons. The Kier molecular flexibility index (Phi) is 5.13. The summed E-state index contributed by atoms with van der Waals surface area (Å²) in [5.74, 6) is -0.213. The molecule has 2 rings (SSSR count). The number of rotatable bonds is 5. The molecule has 1 N–H and O–H groups in total. The smallest absolute Gasteiger partial charge is 0.137 e. The zero-order chi connectivity index (χ0) is 13.8. The lowest BCUT2D eigenvalue weighted by atomic mass is 10.0. The second kappa shape index (κ2) is 6.64. The molecular weight excluding hydrogens is 325 g/mol. The first-order valence-electron chi connectivity index (χ1n) is 6.35. The maximum absolute atomic E-state index is 13.7. The minimum Gasteiger partial charge on any atom is -0.306 e. The van der Waals surface area contributed by atoms with Gasteiger partial charge in [0.15, 0.2) is 0 Å². The van der Waals surface area contributed by atoms with E-state index in [9.17, 15) is 4.39 Å². The maximum Gasteiger partial charge on any atom is 0.137 e. The van der Waals surface area contributed by atoms with Crippen LogP contribution >= 0.6 is 27.3 Å². The van der Waals surface area contributed by atoms with Gasteiger partial charge in [-0.05, 0) is 70.5 Å². The lowest BCUT2D eigenvalue weighted by Crippen LogP contribution is -2.23. The van der Waals surface area contributed by atoms with Crippen LogP contribution in [0.5, 0.6) is 0 Å². The molecule has 102 valence electrons. The van der Waals surface area contributed by atoms with E-state index in [4.69, 9.17) is 0 Å². The topological polar surface area (TPSA) is 12.0 Å². The summed E-state index contributed by atoms with van der Waals surface area (Å²) in [6, 6.07) is 7.53. The molecule has 0 fully saturated rings. The SMILES string of the molecule is CCCNC(c1ccc(Br)c(F)c1)c1sccc1C. The Morgan fingerprint density at radius 2 is 2.16 bits per heavy atom. The van der Waals surface area contributed by atoms with E-state index in [2.05, 4.69) is 46.5 Å². The van der Waals surface area contributed by atoms with E-state index >= 15 is 0 Å². The fraction of sp³-hybridized carbons (Fsp3) is 0.333. The van der Waals surface area contributed by atoms with Gasteiger partial charge < -0.3 is 5.32 Å². The van der Waals surface area contributed by atoms with Crippen molar-refractivity contribution < 1.29 is 4.39 Å². The number of hydrogen-bond donors (Lipinski definition) is 1. The summed E-state index contributed by atoms with van der Waals surface area (Å²) in [5, 5.41) is 5.59. The molecule has 0 aliphatic carbocycles. The predicted octanol–water partition coefficient (Wildman–Crippen LogP) is 5.05. The highest BCUT2D eigenvalue weighted by atomic mass is 79.9. The van der Waals surface area contributed by atoms with Gasteiger partial charge in [0.1, 0.15) is 5.82 Å². The highest BCUT2D eigenvalue weighted by Gasteiger charge is 2.17. The quantitative estimate of drug-likeness (QED) is 0.802. The molecule has 2 aromatic rings. The summed E-state index contributed by atoms with van der Waals surface area (Å²) in [6.07, 6.45) is 1.06. The third-order valence-corrected chi connectivity index (χ3v) is 4.77. The molecule has 0 amide bonds. The first-order valence-corrected chi connectivity index (χ1v) is 8.03. The second-order valence-corrected chi connectivity index (χ2v) is 6.33. The Morgan fingerprint density at radius 3 is 2.74 bits per heavy atom. The standard InChI is InChI=1S/C15H17BrFNS/c1-3-7-18-14(15-10(2)6-8-19-15)11-4-5-12(16)13(17)9-11/h4-6,8-9,14,18H,3,7H2,1-2H3. The predicted molar refractivity (Wildman–Crippen MR) is 83.3 cm³/mol. The monoisotopic (exact) mass is 341 g/mol. The first-order chi connectivity index (χ1) is 9.13. The number of benzene rings is 1. The van der Waals surface area contributed by atoms with Crippen molar-refractivity contribution in [2.45, 2.75) is 26.3 Å². The van der Waals surface area contributed by atoms with Crippen molar-refractivity contribution >= 4 is 27.3 Å². The Balaban J connectivity index is 2.37. The summed E-state index contributed by atoms with van der Waals surface area (Å²) in [6.45, 7) is 5.15. The second-order valence-electron chi connectivity index (χ2n) is 4.53. The average molecular weight is 342 g/mol. The molecule has 1 aromatic carbocycles. The van der Waals surface area contributed by atoms with Crippen molar-refractivity contribution in [3.8, 4) is 0 Å². The molecule has 0 bridgehead atoms. The molecule has 1 aromatic heterocycles. The van der Waals surface area contributed by atoms with Crippen molar-refractivity contribution in [2.24, 2.45) is 0 Å². The minimum atomic E-state index is -0.213. The zero-order valence-corrected chi connectivity index (χ0v) is 13.4. The highest BCUT2D eigenvalue weighted by Crippen LogP contribution is 2.31. The van der Waals surface area contributed by atoms with Gasteiger partial charge in [0, 0.05) is 4.88 Å². The largest absolute Gasteiger partial charge is 0.306 e. The van der Waals surface area contributed by atoms with Crippen LogP contribution in [0.1, 0.15) is 35.4 Å². The van der Waals surface area contributed by atoms with E-state index in [-0.39, 0.29) is 11.9 Å². The van der Waals surface area contributed by atoms with Crippen LogP contribution in [0.2, 0.25) is 0 Å². The molecule has 4 heteroatoms. The fourth-order valence-electron chi connectivity index (χ4n) is 2.02. The van der Waals surface area contributed by atoms with Crippen LogP contribution < -0.4 is 5.32 Å². The van der Waals surface area contributed by atoms with Crippen LogP contribution in [0.15, 0.2) is 34.1 Å². The lowest BCUT2D eigenvalue weighted by molar-refractivity contribution is 0.587. The molecule has 0 aliphatic rings. The van der Waals surface area contributed by atoms with Crippen LogP contribution in [-0.4, -0.2) is 6.54 Å². The van der Waals surface area contributed by atoms with E-state index < -0.39 is 0 Å². The lowest BCUT2D eigenvalue weighted by Gasteiger charge is -2.19. The average Bonchev–Trinajstić information content (AvgIpc) is 2.80. The van der Waals surface area contributed by atoms with Crippen LogP contribution in [0.25, 0.3) is 0 Å². The third kappa shape index (κ3) is 3.44. The van der Waals surface area contributed by atoms with Crippen molar-refractivity contribution in [3.63, 3.8) is 0 Å². The summed E-state index contributed by atoms with van der Waals surface area (Å²) >= 11 is 4.92. The summed E-state index contributed by atoms with van der Waals surface area (Å²) in [5.41, 5.74) is 2.22. The molecule has 1 atom stereocenters. The Bertz CT molecular complexity index is 553. The molecule has 1 unspecified atom stereocenters. The number of halogens is 2. The molecular formula is C15H17BrFNS. The van der Waals surface area contributed by atoms with Gasteiger partial charge in [-0.1, -0.05) is 13.0 Å². The van der Waals surface area contributed by atoms with Crippen molar-refractivity contribution in [1.82, 2.24) is 5.32 Å². The Morgan fingerprint density at radius 1 is 1.37 bits per heavy atom. The molecule has 0 aliphatic heterocycles. The van der Waals surface area contributed by atoms with Crippen LogP contribution in [-0.2, 0) is 0 Å². The third-order valence-electron chi connectivity index (χ3n) is 3.04. The van der Waals surface area contributed by atoms with Gasteiger partial charge in [-0.25, -0.2) is 4.39 Å². The van der Waals surface area contributed by atoms with Gasteiger partial charge in [-0.15, -0.1) is 11.3 Å². The van der Waals surface area contributed by atoms with Gasteiger partial charge in [-0.3, -0.25) is 0 Å². The summed E-state index contributed by atoms with van der Waals surface area (Å²) in [7, 11) is 0. The molecule has 0 saturated heterocycles. The van der Waals surface area contributed by atoms with Crippen molar-refractivity contribution in [1.29, 1.82) is 0 Å². The number of hydrogen-bond acceptors (Lipinski definition) is 2. The van der Waals surface area contributed by atoms with Crippen molar-refractivity contribution in [2.75, 3.05) is 6.54 Å². The van der Waals surface area contributed by atoms with Gasteiger partial charge in [0.2, 0.25) is 0 Å². The summed E-state index contributed by atoms with van der Waals surface area (Å²) < 4.78 is 14.2. The van der Waals surface area contributed by atoms with E-state index in [1.165, 1.54) is 10.4 Å². The summed E-state index contributed by atoms with van der Waals surface area (Å²) in [4.78, 5) is 1.26. The zero-order valence-electron chi connectivity index (χ0n) is 11.0. The number of nitrogens with one attached hydrogen (secondary N) is 1.